The molecule has 5 nitrogen and oxygen atoms in total. The van der Waals surface area contributed by atoms with Crippen molar-refractivity contribution in [3.8, 4) is 0 Å². The zero-order valence-electron chi connectivity index (χ0n) is 9.80. The second kappa shape index (κ2) is 5.76. The normalized spacial score (nSPS) is 13.9. The molecule has 0 aromatic carbocycles. The van der Waals surface area contributed by atoms with Crippen LogP contribution in [0, 0.1) is 0 Å². The van der Waals surface area contributed by atoms with Crippen molar-refractivity contribution in [3.63, 3.8) is 0 Å². The number of fused-ring (bicyclic) bond motifs is 1. The summed E-state index contributed by atoms with van der Waals surface area (Å²) in [4.78, 5) is 0. The van der Waals surface area contributed by atoms with Crippen LogP contribution in [0.25, 0.3) is 5.65 Å². The first-order valence-electron chi connectivity index (χ1n) is 5.36. The molecule has 2 rings (SSSR count). The zero-order chi connectivity index (χ0) is 14.9. The van der Waals surface area contributed by atoms with Crippen LogP contribution in [0.1, 0.15) is 5.56 Å². The van der Waals surface area contributed by atoms with Crippen LogP contribution in [0.2, 0.25) is 5.02 Å². The lowest BCUT2D eigenvalue weighted by Gasteiger charge is -2.09. The van der Waals surface area contributed by atoms with Gasteiger partial charge in [0.05, 0.1) is 23.3 Å². The quantitative estimate of drug-likeness (QED) is 0.839. The summed E-state index contributed by atoms with van der Waals surface area (Å²) in [7, 11) is 0. The third-order valence-electron chi connectivity index (χ3n) is 2.37. The Labute approximate surface area is 120 Å². The van der Waals surface area contributed by atoms with Gasteiger partial charge in [0.1, 0.15) is 0 Å². The molecular weight excluding hydrogens is 319 g/mol. The van der Waals surface area contributed by atoms with Crippen LogP contribution in [0.5, 0.6) is 0 Å². The van der Waals surface area contributed by atoms with E-state index in [0.717, 1.165) is 28.4 Å². The molecule has 0 aliphatic carbocycles. The molecule has 2 heterocycles. The minimum atomic E-state index is -4.53. The Kier molecular flexibility index (Phi) is 4.43. The summed E-state index contributed by atoms with van der Waals surface area (Å²) in [6, 6.07) is 0.780. The van der Waals surface area contributed by atoms with Crippen LogP contribution in [0.15, 0.2) is 17.4 Å². The smallest absolute Gasteiger partial charge is 0.394 e. The van der Waals surface area contributed by atoms with E-state index in [-0.39, 0.29) is 21.6 Å². The van der Waals surface area contributed by atoms with Crippen molar-refractivity contribution in [1.29, 1.82) is 0 Å². The summed E-state index contributed by atoms with van der Waals surface area (Å²) in [5.74, 6) is 0.0746. The van der Waals surface area contributed by atoms with Crippen molar-refractivity contribution < 1.29 is 23.4 Å². The van der Waals surface area contributed by atoms with Crippen molar-refractivity contribution in [2.75, 3.05) is 12.4 Å². The maximum Gasteiger partial charge on any atom is 0.417 e. The second-order valence-corrected chi connectivity index (χ2v) is 5.29. The van der Waals surface area contributed by atoms with Gasteiger partial charge in [-0.1, -0.05) is 23.4 Å². The van der Waals surface area contributed by atoms with Gasteiger partial charge in [-0.25, -0.2) is 0 Å². The molecule has 0 bridgehead atoms. The highest BCUT2D eigenvalue weighted by Gasteiger charge is 2.32. The summed E-state index contributed by atoms with van der Waals surface area (Å²) in [6.07, 6.45) is -4.68. The Morgan fingerprint density at radius 1 is 1.40 bits per heavy atom. The van der Waals surface area contributed by atoms with Crippen molar-refractivity contribution in [2.24, 2.45) is 0 Å². The molecule has 0 saturated carbocycles. The number of aromatic nitrogens is 3. The number of thioether (sulfide) groups is 1. The van der Waals surface area contributed by atoms with Crippen molar-refractivity contribution in [2.45, 2.75) is 17.4 Å². The maximum atomic E-state index is 12.7. The van der Waals surface area contributed by atoms with Crippen LogP contribution >= 0.6 is 23.4 Å². The van der Waals surface area contributed by atoms with E-state index in [0.29, 0.717) is 0 Å². The summed E-state index contributed by atoms with van der Waals surface area (Å²) in [5, 5.41) is 25.3. The van der Waals surface area contributed by atoms with Crippen LogP contribution in [0.4, 0.5) is 13.2 Å². The van der Waals surface area contributed by atoms with Crippen LogP contribution in [0.3, 0.4) is 0 Å². The van der Waals surface area contributed by atoms with Gasteiger partial charge in [-0.3, -0.25) is 4.40 Å². The Morgan fingerprint density at radius 2 is 2.10 bits per heavy atom. The molecule has 0 amide bonds. The highest BCUT2D eigenvalue weighted by molar-refractivity contribution is 7.99. The molecule has 2 N–H and O–H groups in total. The van der Waals surface area contributed by atoms with Gasteiger partial charge in [-0.2, -0.15) is 13.2 Å². The standard InChI is InChI=1S/C10H9ClF3N3O2S/c11-7-1-5(10(12,13)14)2-17-8(7)15-16-9(17)20-4-6(19)3-18/h1-2,6,18-19H,3-4H2. The minimum Gasteiger partial charge on any atom is -0.394 e. The van der Waals surface area contributed by atoms with Crippen LogP contribution < -0.4 is 0 Å². The molecule has 0 aliphatic heterocycles. The summed E-state index contributed by atoms with van der Waals surface area (Å²) < 4.78 is 39.2. The number of halogens is 4. The molecule has 2 aromatic rings. The molecule has 1 atom stereocenters. The molecule has 0 spiro atoms. The first kappa shape index (κ1) is 15.4. The Morgan fingerprint density at radius 3 is 2.70 bits per heavy atom. The van der Waals surface area contributed by atoms with E-state index in [4.69, 9.17) is 16.7 Å². The number of hydrogen-bond donors (Lipinski definition) is 2. The summed E-state index contributed by atoms with van der Waals surface area (Å²) >= 11 is 6.72. The molecule has 10 heteroatoms. The van der Waals surface area contributed by atoms with Gasteiger partial charge in [0.2, 0.25) is 0 Å². The van der Waals surface area contributed by atoms with E-state index in [1.165, 1.54) is 0 Å². The summed E-state index contributed by atoms with van der Waals surface area (Å²) in [6.45, 7) is -0.446. The first-order chi connectivity index (χ1) is 9.32. The van der Waals surface area contributed by atoms with E-state index in [9.17, 15) is 18.3 Å². The molecule has 0 radical (unpaired) electrons. The first-order valence-corrected chi connectivity index (χ1v) is 6.72. The highest BCUT2D eigenvalue weighted by Crippen LogP contribution is 2.33. The fourth-order valence-corrected chi connectivity index (χ4v) is 2.48. The summed E-state index contributed by atoms with van der Waals surface area (Å²) in [5.41, 5.74) is -0.819. The molecule has 110 valence electrons. The second-order valence-electron chi connectivity index (χ2n) is 3.90. The van der Waals surface area contributed by atoms with E-state index < -0.39 is 24.5 Å². The van der Waals surface area contributed by atoms with Gasteiger partial charge in [0.25, 0.3) is 0 Å². The van der Waals surface area contributed by atoms with Gasteiger partial charge in [-0.05, 0) is 6.07 Å². The number of alkyl halides is 3. The predicted molar refractivity (Wildman–Crippen MR) is 66.8 cm³/mol. The topological polar surface area (TPSA) is 70.7 Å². The third-order valence-corrected chi connectivity index (χ3v) is 3.74. The van der Waals surface area contributed by atoms with Gasteiger partial charge < -0.3 is 10.2 Å². The lowest BCUT2D eigenvalue weighted by atomic mass is 10.3. The largest absolute Gasteiger partial charge is 0.417 e. The van der Waals surface area contributed by atoms with Crippen molar-refractivity contribution in [3.05, 3.63) is 22.8 Å². The number of nitrogens with zero attached hydrogens (tertiary/aromatic N) is 3. The number of aliphatic hydroxyl groups excluding tert-OH is 2. The van der Waals surface area contributed by atoms with E-state index in [1.807, 2.05) is 0 Å². The number of pyridine rings is 1. The predicted octanol–water partition coefficient (Wildman–Crippen LogP) is 1.85. The van der Waals surface area contributed by atoms with Crippen molar-refractivity contribution in [1.82, 2.24) is 14.6 Å². The molecule has 1 unspecified atom stereocenters. The molecule has 0 fully saturated rings. The minimum absolute atomic E-state index is 0.0746. The van der Waals surface area contributed by atoms with Crippen molar-refractivity contribution >= 4 is 29.0 Å². The van der Waals surface area contributed by atoms with E-state index >= 15 is 0 Å². The van der Waals surface area contributed by atoms with Crippen LogP contribution in [-0.4, -0.2) is 43.3 Å². The van der Waals surface area contributed by atoms with Gasteiger partial charge in [0.15, 0.2) is 10.8 Å². The maximum absolute atomic E-state index is 12.7. The average Bonchev–Trinajstić information content (AvgIpc) is 2.78. The fraction of sp³-hybridized carbons (Fsp3) is 0.400. The fourth-order valence-electron chi connectivity index (χ4n) is 1.41. The Hall–Kier alpha value is -1.03. The average molecular weight is 328 g/mol. The molecule has 2 aromatic heterocycles. The number of hydrogen-bond acceptors (Lipinski definition) is 5. The third kappa shape index (κ3) is 3.17. The van der Waals surface area contributed by atoms with Gasteiger partial charge in [0, 0.05) is 11.9 Å². The zero-order valence-corrected chi connectivity index (χ0v) is 11.4. The van der Waals surface area contributed by atoms with E-state index in [2.05, 4.69) is 10.2 Å². The Balaban J connectivity index is 2.40. The Bertz CT molecular complexity index is 620. The van der Waals surface area contributed by atoms with Gasteiger partial charge in [-0.15, -0.1) is 10.2 Å². The SMILES string of the molecule is OCC(O)CSc1nnc2c(Cl)cc(C(F)(F)F)cn12. The number of aliphatic hydroxyl groups is 2. The lowest BCUT2D eigenvalue weighted by Crippen LogP contribution is -2.15. The van der Waals surface area contributed by atoms with Crippen LogP contribution in [-0.2, 0) is 6.18 Å². The molecule has 0 aliphatic rings. The number of rotatable bonds is 4. The molecule has 0 saturated heterocycles. The lowest BCUT2D eigenvalue weighted by molar-refractivity contribution is -0.137. The van der Waals surface area contributed by atoms with Gasteiger partial charge >= 0.3 is 6.18 Å². The highest BCUT2D eigenvalue weighted by atomic mass is 35.5. The van der Waals surface area contributed by atoms with E-state index in [1.54, 1.807) is 0 Å². The monoisotopic (exact) mass is 327 g/mol. The molecule has 20 heavy (non-hydrogen) atoms. The molecular formula is C10H9ClF3N3O2S.